The number of hydrogen-bond acceptors (Lipinski definition) is 4. The molecule has 17 heavy (non-hydrogen) atoms. The number of aromatic nitrogens is 2. The molecule has 4 nitrogen and oxygen atoms in total. The average Bonchev–Trinajstić information content (AvgIpc) is 2.21. The Morgan fingerprint density at radius 1 is 1.35 bits per heavy atom. The van der Waals surface area contributed by atoms with Crippen molar-refractivity contribution in [2.45, 2.75) is 44.6 Å². The summed E-state index contributed by atoms with van der Waals surface area (Å²) in [7, 11) is 1.72. The van der Waals surface area contributed by atoms with Gasteiger partial charge in [0.15, 0.2) is 5.82 Å². The summed E-state index contributed by atoms with van der Waals surface area (Å²) in [6.45, 7) is 4.19. The number of nitrogen functional groups attached to an aromatic ring is 1. The van der Waals surface area contributed by atoms with Crippen LogP contribution < -0.4 is 5.73 Å². The fourth-order valence-electron chi connectivity index (χ4n) is 2.09. The van der Waals surface area contributed by atoms with Crippen LogP contribution in [0.3, 0.4) is 0 Å². The Kier molecular flexibility index (Phi) is 3.41. The van der Waals surface area contributed by atoms with Crippen molar-refractivity contribution < 1.29 is 4.74 Å². The van der Waals surface area contributed by atoms with Crippen LogP contribution in [0.2, 0.25) is 0 Å². The molecule has 1 aromatic rings. The van der Waals surface area contributed by atoms with Crippen molar-refractivity contribution in [2.75, 3.05) is 12.8 Å². The molecule has 2 N–H and O–H groups in total. The van der Waals surface area contributed by atoms with Crippen LogP contribution in [0.1, 0.15) is 50.5 Å². The van der Waals surface area contributed by atoms with Crippen LogP contribution in [0.5, 0.6) is 0 Å². The number of ether oxygens (including phenoxy) is 1. The molecule has 0 aromatic carbocycles. The number of nitrogens with two attached hydrogens (primary N) is 1. The van der Waals surface area contributed by atoms with Crippen LogP contribution in [0.15, 0.2) is 4.47 Å². The van der Waals surface area contributed by atoms with E-state index in [-0.39, 0.29) is 5.60 Å². The van der Waals surface area contributed by atoms with Crippen molar-refractivity contribution in [2.24, 2.45) is 0 Å². The van der Waals surface area contributed by atoms with Crippen LogP contribution in [-0.4, -0.2) is 17.1 Å². The topological polar surface area (TPSA) is 61.0 Å². The van der Waals surface area contributed by atoms with E-state index >= 15 is 0 Å². The first-order valence-electron chi connectivity index (χ1n) is 5.88. The van der Waals surface area contributed by atoms with Crippen molar-refractivity contribution in [1.29, 1.82) is 0 Å². The number of nitrogens with zero attached hydrogens (tertiary/aromatic N) is 2. The first kappa shape index (κ1) is 12.8. The van der Waals surface area contributed by atoms with E-state index in [2.05, 4.69) is 39.7 Å². The fourth-order valence-corrected chi connectivity index (χ4v) is 2.72. The Morgan fingerprint density at radius 2 is 2.00 bits per heavy atom. The van der Waals surface area contributed by atoms with Crippen LogP contribution in [-0.2, 0) is 10.3 Å². The minimum absolute atomic E-state index is 0.307. The summed E-state index contributed by atoms with van der Waals surface area (Å²) in [4.78, 5) is 9.01. The van der Waals surface area contributed by atoms with E-state index in [0.717, 1.165) is 35.3 Å². The molecule has 94 valence electrons. The molecular weight excluding hydrogens is 282 g/mol. The van der Waals surface area contributed by atoms with Gasteiger partial charge in [0.2, 0.25) is 0 Å². The summed E-state index contributed by atoms with van der Waals surface area (Å²) >= 11 is 3.45. The zero-order valence-corrected chi connectivity index (χ0v) is 12.0. The lowest BCUT2D eigenvalue weighted by Crippen LogP contribution is -2.38. The highest BCUT2D eigenvalue weighted by molar-refractivity contribution is 9.10. The zero-order chi connectivity index (χ0) is 12.6. The standard InChI is InChI=1S/C12H18BrN3O/c1-7(2)9-8(13)10(14)16-11(15-9)12(17-3)5-4-6-12/h7H,4-6H2,1-3H3,(H2,14,15,16). The highest BCUT2D eigenvalue weighted by Gasteiger charge is 2.42. The molecule has 2 rings (SSSR count). The van der Waals surface area contributed by atoms with E-state index < -0.39 is 0 Å². The summed E-state index contributed by atoms with van der Waals surface area (Å²) < 4.78 is 6.40. The third-order valence-electron chi connectivity index (χ3n) is 3.41. The lowest BCUT2D eigenvalue weighted by atomic mass is 9.79. The maximum atomic E-state index is 5.94. The molecule has 1 aliphatic carbocycles. The molecule has 0 bridgehead atoms. The highest BCUT2D eigenvalue weighted by atomic mass is 79.9. The fraction of sp³-hybridized carbons (Fsp3) is 0.667. The Hall–Kier alpha value is -0.680. The second-order valence-corrected chi connectivity index (χ2v) is 5.63. The molecule has 0 saturated heterocycles. The molecule has 1 heterocycles. The first-order valence-corrected chi connectivity index (χ1v) is 6.68. The molecule has 1 aliphatic rings. The van der Waals surface area contributed by atoms with Crippen LogP contribution in [0.25, 0.3) is 0 Å². The third kappa shape index (κ3) is 2.06. The third-order valence-corrected chi connectivity index (χ3v) is 4.22. The van der Waals surface area contributed by atoms with Crippen molar-refractivity contribution >= 4 is 21.7 Å². The van der Waals surface area contributed by atoms with Crippen molar-refractivity contribution in [3.8, 4) is 0 Å². The van der Waals surface area contributed by atoms with Gasteiger partial charge in [0.25, 0.3) is 0 Å². The second-order valence-electron chi connectivity index (χ2n) is 4.84. The monoisotopic (exact) mass is 299 g/mol. The zero-order valence-electron chi connectivity index (χ0n) is 10.5. The van der Waals surface area contributed by atoms with Gasteiger partial charge in [0.1, 0.15) is 11.4 Å². The quantitative estimate of drug-likeness (QED) is 0.932. The number of hydrogen-bond donors (Lipinski definition) is 1. The van der Waals surface area contributed by atoms with E-state index in [1.807, 2.05) is 0 Å². The van der Waals surface area contributed by atoms with Gasteiger partial charge in [-0.25, -0.2) is 9.97 Å². The minimum atomic E-state index is -0.307. The van der Waals surface area contributed by atoms with Gasteiger partial charge in [0.05, 0.1) is 10.2 Å². The molecule has 0 spiro atoms. The molecule has 1 saturated carbocycles. The van der Waals surface area contributed by atoms with Crippen molar-refractivity contribution in [3.63, 3.8) is 0 Å². The van der Waals surface area contributed by atoms with E-state index in [4.69, 9.17) is 10.5 Å². The summed E-state index contributed by atoms with van der Waals surface area (Å²) in [5.74, 6) is 1.54. The van der Waals surface area contributed by atoms with Crippen LogP contribution in [0.4, 0.5) is 5.82 Å². The number of methoxy groups -OCH3 is 1. The SMILES string of the molecule is COC1(c2nc(N)c(Br)c(C(C)C)n2)CCC1. The molecule has 0 radical (unpaired) electrons. The summed E-state index contributed by atoms with van der Waals surface area (Å²) in [5.41, 5.74) is 6.58. The van der Waals surface area contributed by atoms with Gasteiger partial charge in [-0.3, -0.25) is 0 Å². The number of anilines is 1. The van der Waals surface area contributed by atoms with Gasteiger partial charge < -0.3 is 10.5 Å². The molecule has 5 heteroatoms. The molecule has 1 aromatic heterocycles. The number of halogens is 1. The predicted molar refractivity (Wildman–Crippen MR) is 70.8 cm³/mol. The number of rotatable bonds is 3. The predicted octanol–water partition coefficient (Wildman–Crippen LogP) is 2.97. The molecule has 0 atom stereocenters. The van der Waals surface area contributed by atoms with Gasteiger partial charge in [-0.15, -0.1) is 0 Å². The lowest BCUT2D eigenvalue weighted by Gasteiger charge is -2.39. The molecule has 0 amide bonds. The largest absolute Gasteiger partial charge is 0.383 e. The van der Waals surface area contributed by atoms with E-state index in [1.165, 1.54) is 0 Å². The van der Waals surface area contributed by atoms with Crippen molar-refractivity contribution in [3.05, 3.63) is 16.0 Å². The van der Waals surface area contributed by atoms with E-state index in [1.54, 1.807) is 7.11 Å². The Morgan fingerprint density at radius 3 is 2.41 bits per heavy atom. The Labute approximate surface area is 110 Å². The van der Waals surface area contributed by atoms with E-state index in [0.29, 0.717) is 11.7 Å². The van der Waals surface area contributed by atoms with Gasteiger partial charge in [0, 0.05) is 7.11 Å². The first-order chi connectivity index (χ1) is 8.00. The molecule has 0 unspecified atom stereocenters. The van der Waals surface area contributed by atoms with Crippen LogP contribution >= 0.6 is 15.9 Å². The van der Waals surface area contributed by atoms with Crippen molar-refractivity contribution in [1.82, 2.24) is 9.97 Å². The maximum Gasteiger partial charge on any atom is 0.162 e. The summed E-state index contributed by atoms with van der Waals surface area (Å²) in [6, 6.07) is 0. The second kappa shape index (κ2) is 4.53. The van der Waals surface area contributed by atoms with Gasteiger partial charge in [-0.2, -0.15) is 0 Å². The highest BCUT2D eigenvalue weighted by Crippen LogP contribution is 2.43. The smallest absolute Gasteiger partial charge is 0.162 e. The maximum absolute atomic E-state index is 5.94. The van der Waals surface area contributed by atoms with Gasteiger partial charge >= 0.3 is 0 Å². The van der Waals surface area contributed by atoms with Gasteiger partial charge in [-0.05, 0) is 41.1 Å². The van der Waals surface area contributed by atoms with Crippen LogP contribution in [0, 0.1) is 0 Å². The average molecular weight is 300 g/mol. The molecular formula is C12H18BrN3O. The Bertz CT molecular complexity index is 424. The summed E-state index contributed by atoms with van der Waals surface area (Å²) in [5, 5.41) is 0. The minimum Gasteiger partial charge on any atom is -0.383 e. The molecule has 1 fully saturated rings. The summed E-state index contributed by atoms with van der Waals surface area (Å²) in [6.07, 6.45) is 3.11. The van der Waals surface area contributed by atoms with Gasteiger partial charge in [-0.1, -0.05) is 13.8 Å². The Balaban J connectivity index is 2.49. The van der Waals surface area contributed by atoms with E-state index in [9.17, 15) is 0 Å². The molecule has 0 aliphatic heterocycles. The lowest BCUT2D eigenvalue weighted by molar-refractivity contribution is -0.0847. The normalized spacial score (nSPS) is 18.2.